The van der Waals surface area contributed by atoms with Gasteiger partial charge < -0.3 is 0 Å². The normalized spacial score (nSPS) is 10.9. The number of hydrogen-bond donors (Lipinski definition) is 0. The van der Waals surface area contributed by atoms with E-state index in [9.17, 15) is 0 Å². The lowest BCUT2D eigenvalue weighted by Gasteiger charge is -2.09. The summed E-state index contributed by atoms with van der Waals surface area (Å²) in [6, 6.07) is 10.0. The molecule has 0 fully saturated rings. The van der Waals surface area contributed by atoms with Crippen LogP contribution in [0.5, 0.6) is 0 Å². The van der Waals surface area contributed by atoms with Gasteiger partial charge in [-0.05, 0) is 30.0 Å². The number of rotatable bonds is 3. The van der Waals surface area contributed by atoms with Gasteiger partial charge in [-0.25, -0.2) is 0 Å². The third-order valence-corrected chi connectivity index (χ3v) is 2.33. The van der Waals surface area contributed by atoms with Crippen LogP contribution in [0.4, 0.5) is 0 Å². The highest BCUT2D eigenvalue weighted by atomic mass is 14.2. The lowest BCUT2D eigenvalue weighted by Crippen LogP contribution is -1.92. The Morgan fingerprint density at radius 3 is 2.00 bits per heavy atom. The minimum atomic E-state index is 0.609. The first kappa shape index (κ1) is 14.7. The zero-order valence-corrected chi connectivity index (χ0v) is 11.0. The molecule has 0 saturated heterocycles. The van der Waals surface area contributed by atoms with E-state index in [0.29, 0.717) is 5.92 Å². The van der Waals surface area contributed by atoms with Crippen LogP contribution in [0.3, 0.4) is 0 Å². The minimum absolute atomic E-state index is 0.609. The molecule has 0 spiro atoms. The summed E-state index contributed by atoms with van der Waals surface area (Å²) >= 11 is 0. The van der Waals surface area contributed by atoms with E-state index in [1.165, 1.54) is 24.8 Å². The summed E-state index contributed by atoms with van der Waals surface area (Å²) in [4.78, 5) is 0. The van der Waals surface area contributed by atoms with Crippen molar-refractivity contribution in [2.75, 3.05) is 0 Å². The molecule has 1 aromatic carbocycles. The van der Waals surface area contributed by atoms with Crippen LogP contribution in [0.25, 0.3) is 0 Å². The van der Waals surface area contributed by atoms with Crippen molar-refractivity contribution in [3.63, 3.8) is 0 Å². The Hall–Kier alpha value is -1.29. The molecule has 88 valence electrons. The fourth-order valence-electron chi connectivity index (χ4n) is 1.49. The molecule has 1 nitrogen and oxygen atoms in total. The Morgan fingerprint density at radius 2 is 1.62 bits per heavy atom. The summed E-state index contributed by atoms with van der Waals surface area (Å²) in [7, 11) is 0. The van der Waals surface area contributed by atoms with Gasteiger partial charge in [-0.3, -0.25) is 0 Å². The predicted molar refractivity (Wildman–Crippen MR) is 70.4 cm³/mol. The summed E-state index contributed by atoms with van der Waals surface area (Å²) in [5.74, 6) is 0.609. The average molecular weight is 217 g/mol. The lowest BCUT2D eigenvalue weighted by molar-refractivity contribution is 0.665. The highest BCUT2D eigenvalue weighted by Crippen LogP contribution is 2.20. The van der Waals surface area contributed by atoms with E-state index in [1.54, 1.807) is 0 Å². The second kappa shape index (κ2) is 8.97. The third-order valence-electron chi connectivity index (χ3n) is 2.33. The molecule has 1 atom stereocenters. The van der Waals surface area contributed by atoms with E-state index < -0.39 is 0 Å². The maximum atomic E-state index is 8.62. The fraction of sp³-hybridized carbons (Fsp3) is 0.533. The van der Waals surface area contributed by atoms with Crippen LogP contribution in [-0.2, 0) is 0 Å². The van der Waals surface area contributed by atoms with Crippen molar-refractivity contribution in [2.45, 2.75) is 52.9 Å². The second-order valence-corrected chi connectivity index (χ2v) is 4.13. The number of nitriles is 1. The number of nitrogens with zero attached hydrogens (tertiary/aromatic N) is 1. The van der Waals surface area contributed by atoms with Crippen LogP contribution < -0.4 is 0 Å². The minimum Gasteiger partial charge on any atom is -0.192 e. The SMILES string of the molecule is CCC.CCCC(C)c1ccc(C#N)cc1. The zero-order chi connectivity index (χ0) is 12.4. The molecule has 0 bridgehead atoms. The van der Waals surface area contributed by atoms with Gasteiger partial charge in [-0.2, -0.15) is 5.26 Å². The van der Waals surface area contributed by atoms with Crippen LogP contribution in [0.1, 0.15) is 64.0 Å². The quantitative estimate of drug-likeness (QED) is 0.708. The van der Waals surface area contributed by atoms with Gasteiger partial charge in [0.2, 0.25) is 0 Å². The molecule has 0 aliphatic rings. The van der Waals surface area contributed by atoms with Crippen molar-refractivity contribution in [3.8, 4) is 6.07 Å². The molecule has 0 amide bonds. The fourth-order valence-corrected chi connectivity index (χ4v) is 1.49. The highest BCUT2D eigenvalue weighted by Gasteiger charge is 2.03. The first-order valence-electron chi connectivity index (χ1n) is 6.19. The van der Waals surface area contributed by atoms with Crippen molar-refractivity contribution in [3.05, 3.63) is 35.4 Å². The number of benzene rings is 1. The predicted octanol–water partition coefficient (Wildman–Crippen LogP) is 4.88. The lowest BCUT2D eigenvalue weighted by atomic mass is 9.96. The molecule has 1 rings (SSSR count). The van der Waals surface area contributed by atoms with Gasteiger partial charge in [0, 0.05) is 0 Å². The Morgan fingerprint density at radius 1 is 1.12 bits per heavy atom. The van der Waals surface area contributed by atoms with Crippen LogP contribution in [-0.4, -0.2) is 0 Å². The Kier molecular flexibility index (Phi) is 8.25. The monoisotopic (exact) mass is 217 g/mol. The summed E-state index contributed by atoms with van der Waals surface area (Å²) in [5, 5.41) is 8.62. The molecule has 0 saturated carbocycles. The molecule has 0 heterocycles. The van der Waals surface area contributed by atoms with Gasteiger partial charge in [-0.15, -0.1) is 0 Å². The maximum absolute atomic E-state index is 8.62. The van der Waals surface area contributed by atoms with E-state index in [2.05, 4.69) is 45.9 Å². The summed E-state index contributed by atoms with van der Waals surface area (Å²) in [5.41, 5.74) is 2.08. The molecule has 0 aromatic heterocycles. The van der Waals surface area contributed by atoms with Crippen molar-refractivity contribution >= 4 is 0 Å². The van der Waals surface area contributed by atoms with Crippen LogP contribution >= 0.6 is 0 Å². The zero-order valence-electron chi connectivity index (χ0n) is 11.0. The second-order valence-electron chi connectivity index (χ2n) is 4.13. The van der Waals surface area contributed by atoms with E-state index in [0.717, 1.165) is 5.56 Å². The average Bonchev–Trinajstić information content (AvgIpc) is 2.30. The Bertz CT molecular complexity index is 305. The van der Waals surface area contributed by atoms with Gasteiger partial charge in [0.1, 0.15) is 0 Å². The molecule has 0 aliphatic heterocycles. The van der Waals surface area contributed by atoms with E-state index in [4.69, 9.17) is 5.26 Å². The maximum Gasteiger partial charge on any atom is 0.0991 e. The first-order chi connectivity index (χ1) is 7.69. The summed E-state index contributed by atoms with van der Waals surface area (Å²) in [6.45, 7) is 8.67. The molecule has 1 aromatic rings. The van der Waals surface area contributed by atoms with Crippen molar-refractivity contribution in [2.24, 2.45) is 0 Å². The van der Waals surface area contributed by atoms with Crippen molar-refractivity contribution < 1.29 is 0 Å². The summed E-state index contributed by atoms with van der Waals surface area (Å²) < 4.78 is 0. The molecular weight excluding hydrogens is 194 g/mol. The van der Waals surface area contributed by atoms with E-state index >= 15 is 0 Å². The molecular formula is C15H23N. The van der Waals surface area contributed by atoms with Gasteiger partial charge in [-0.1, -0.05) is 52.7 Å². The highest BCUT2D eigenvalue weighted by molar-refractivity contribution is 5.32. The van der Waals surface area contributed by atoms with Crippen molar-refractivity contribution in [1.82, 2.24) is 0 Å². The van der Waals surface area contributed by atoms with E-state index in [1.807, 2.05) is 12.1 Å². The number of hydrogen-bond acceptors (Lipinski definition) is 1. The van der Waals surface area contributed by atoms with Crippen LogP contribution in [0, 0.1) is 11.3 Å². The molecule has 0 N–H and O–H groups in total. The van der Waals surface area contributed by atoms with Crippen LogP contribution in [0.2, 0.25) is 0 Å². The van der Waals surface area contributed by atoms with Gasteiger partial charge >= 0.3 is 0 Å². The van der Waals surface area contributed by atoms with Crippen molar-refractivity contribution in [1.29, 1.82) is 5.26 Å². The van der Waals surface area contributed by atoms with Gasteiger partial charge in [0.05, 0.1) is 11.6 Å². The van der Waals surface area contributed by atoms with Crippen LogP contribution in [0.15, 0.2) is 24.3 Å². The molecule has 0 radical (unpaired) electrons. The standard InChI is InChI=1S/C12H15N.C3H8/c1-3-4-10(2)12-7-5-11(9-13)6-8-12;1-3-2/h5-8,10H,3-4H2,1-2H3;3H2,1-2H3. The smallest absolute Gasteiger partial charge is 0.0991 e. The van der Waals surface area contributed by atoms with Gasteiger partial charge in [0.25, 0.3) is 0 Å². The molecule has 16 heavy (non-hydrogen) atoms. The summed E-state index contributed by atoms with van der Waals surface area (Å²) in [6.07, 6.45) is 3.67. The Labute approximate surface area is 100 Å². The largest absolute Gasteiger partial charge is 0.192 e. The molecule has 0 aliphatic carbocycles. The third kappa shape index (κ3) is 5.56. The topological polar surface area (TPSA) is 23.8 Å². The first-order valence-corrected chi connectivity index (χ1v) is 6.19. The Balaban J connectivity index is 0.000000673. The van der Waals surface area contributed by atoms with E-state index in [-0.39, 0.29) is 0 Å². The van der Waals surface area contributed by atoms with Gasteiger partial charge in [0.15, 0.2) is 0 Å². The molecule has 1 heteroatoms. The molecule has 1 unspecified atom stereocenters.